The number of amidine groups is 1. The molecule has 0 aromatic heterocycles. The van der Waals surface area contributed by atoms with E-state index in [1.807, 2.05) is 92.5 Å². The largest absolute Gasteiger partial charge is 0.497 e. The van der Waals surface area contributed by atoms with Gasteiger partial charge in [0.05, 0.1) is 35.9 Å². The van der Waals surface area contributed by atoms with Gasteiger partial charge in [-0.05, 0) is 90.7 Å². The van der Waals surface area contributed by atoms with Crippen molar-refractivity contribution in [1.82, 2.24) is 9.80 Å². The predicted octanol–water partition coefficient (Wildman–Crippen LogP) is 6.79. The molecule has 1 aliphatic heterocycles. The molecular formula is C31H33N5O2S2. The quantitative estimate of drug-likeness (QED) is 0.204. The molecule has 1 aliphatic rings. The molecule has 206 valence electrons. The minimum atomic E-state index is -0.151. The number of carbonyl (C=O) groups is 1. The maximum atomic E-state index is 13.0. The standard InChI is InChI=1S/C22H23N3O2S2.C9H10N2/c1-15(24(2)19(14-28)17-9-11-18(27-3)12-10-17)20-21(26)25(22(23)29-20)13-16-7-5-4-6-8-16;1-2-11-9-5-3-8(7-10)4-6-9/h4-12,14,23,28H,13H2,1-3H3;3-6,11H,2H2,1H3/b19-14-,20-15+,23-22?;. The van der Waals surface area contributed by atoms with Crippen LogP contribution in [0.3, 0.4) is 0 Å². The molecule has 0 bridgehead atoms. The van der Waals surface area contributed by atoms with E-state index in [1.165, 1.54) is 16.7 Å². The minimum absolute atomic E-state index is 0.151. The molecule has 7 nitrogen and oxygen atoms in total. The van der Waals surface area contributed by atoms with Gasteiger partial charge in [0.2, 0.25) is 0 Å². The molecule has 40 heavy (non-hydrogen) atoms. The van der Waals surface area contributed by atoms with E-state index in [2.05, 4.69) is 24.0 Å². The Bertz CT molecular complexity index is 1410. The highest BCUT2D eigenvalue weighted by Gasteiger charge is 2.35. The van der Waals surface area contributed by atoms with Gasteiger partial charge in [0.1, 0.15) is 5.75 Å². The number of methoxy groups -OCH3 is 1. The molecule has 0 saturated carbocycles. The number of hydrogen-bond acceptors (Lipinski definition) is 8. The lowest BCUT2D eigenvalue weighted by atomic mass is 10.1. The van der Waals surface area contributed by atoms with Gasteiger partial charge >= 0.3 is 0 Å². The monoisotopic (exact) mass is 571 g/mol. The summed E-state index contributed by atoms with van der Waals surface area (Å²) in [5.41, 5.74) is 5.33. The summed E-state index contributed by atoms with van der Waals surface area (Å²) < 4.78 is 5.22. The number of amides is 1. The molecule has 0 unspecified atom stereocenters. The molecule has 3 aromatic carbocycles. The Morgan fingerprint density at radius 3 is 2.33 bits per heavy atom. The zero-order valence-corrected chi connectivity index (χ0v) is 24.7. The number of carbonyl (C=O) groups excluding carboxylic acids is 1. The van der Waals surface area contributed by atoms with Crippen LogP contribution in [0.25, 0.3) is 5.70 Å². The molecule has 1 amide bonds. The summed E-state index contributed by atoms with van der Waals surface area (Å²) in [6.07, 6.45) is 0. The first-order valence-corrected chi connectivity index (χ1v) is 14.0. The zero-order chi connectivity index (χ0) is 29.1. The van der Waals surface area contributed by atoms with Crippen molar-refractivity contribution in [3.8, 4) is 11.8 Å². The van der Waals surface area contributed by atoms with Crippen LogP contribution in [0, 0.1) is 16.7 Å². The molecule has 1 saturated heterocycles. The van der Waals surface area contributed by atoms with Crippen LogP contribution in [0.5, 0.6) is 5.75 Å². The number of benzene rings is 3. The average Bonchev–Trinajstić information content (AvgIpc) is 3.27. The van der Waals surface area contributed by atoms with E-state index in [1.54, 1.807) is 24.7 Å². The molecule has 9 heteroatoms. The van der Waals surface area contributed by atoms with Crippen LogP contribution >= 0.6 is 24.4 Å². The fourth-order valence-electron chi connectivity index (χ4n) is 3.86. The van der Waals surface area contributed by atoms with Crippen LogP contribution in [0.15, 0.2) is 94.9 Å². The second kappa shape index (κ2) is 14.9. The number of nitriles is 1. The predicted molar refractivity (Wildman–Crippen MR) is 168 cm³/mol. The van der Waals surface area contributed by atoms with Crippen molar-refractivity contribution in [1.29, 1.82) is 10.7 Å². The summed E-state index contributed by atoms with van der Waals surface area (Å²) >= 11 is 5.57. The van der Waals surface area contributed by atoms with Gasteiger partial charge in [0.25, 0.3) is 5.91 Å². The normalized spacial score (nSPS) is 14.2. The van der Waals surface area contributed by atoms with Crippen molar-refractivity contribution < 1.29 is 9.53 Å². The molecule has 2 N–H and O–H groups in total. The number of allylic oxidation sites excluding steroid dienone is 1. The van der Waals surface area contributed by atoms with Crippen molar-refractivity contribution >= 4 is 46.8 Å². The number of nitrogens with one attached hydrogen (secondary N) is 2. The first-order chi connectivity index (χ1) is 19.3. The SMILES string of the molecule is CCNc1ccc(C#N)cc1.COc1ccc(/C(=C/S)N(C)/C(C)=C2/SC(=N)N(Cc3ccccc3)C2=O)cc1. The Kier molecular flexibility index (Phi) is 11.3. The molecule has 0 radical (unpaired) electrons. The Labute approximate surface area is 246 Å². The van der Waals surface area contributed by atoms with Crippen LogP contribution < -0.4 is 10.1 Å². The van der Waals surface area contributed by atoms with Crippen LogP contribution in [0.4, 0.5) is 5.69 Å². The van der Waals surface area contributed by atoms with Crippen LogP contribution in [0.2, 0.25) is 0 Å². The number of anilines is 1. The summed E-state index contributed by atoms with van der Waals surface area (Å²) in [5, 5.41) is 21.9. The van der Waals surface area contributed by atoms with Crippen LogP contribution in [0.1, 0.15) is 30.5 Å². The number of nitrogens with zero attached hydrogens (tertiary/aromatic N) is 3. The second-order valence-electron chi connectivity index (χ2n) is 8.72. The fourth-order valence-corrected chi connectivity index (χ4v) is 5.12. The number of thiol groups is 1. The average molecular weight is 572 g/mol. The topological polar surface area (TPSA) is 92.4 Å². The smallest absolute Gasteiger partial charge is 0.268 e. The van der Waals surface area contributed by atoms with Gasteiger partial charge in [-0.2, -0.15) is 5.26 Å². The highest BCUT2D eigenvalue weighted by molar-refractivity contribution is 8.18. The number of ether oxygens (including phenoxy) is 1. The van der Waals surface area contributed by atoms with E-state index in [4.69, 9.17) is 15.4 Å². The van der Waals surface area contributed by atoms with Crippen molar-refractivity contribution in [2.45, 2.75) is 20.4 Å². The Hall–Kier alpha value is -4.13. The summed E-state index contributed by atoms with van der Waals surface area (Å²) in [4.78, 5) is 17.0. The van der Waals surface area contributed by atoms with Crippen molar-refractivity contribution in [2.75, 3.05) is 26.0 Å². The maximum absolute atomic E-state index is 13.0. The van der Waals surface area contributed by atoms with Gasteiger partial charge in [-0.3, -0.25) is 15.1 Å². The lowest BCUT2D eigenvalue weighted by Gasteiger charge is -2.24. The van der Waals surface area contributed by atoms with Crippen LogP contribution in [-0.4, -0.2) is 41.6 Å². The van der Waals surface area contributed by atoms with Gasteiger partial charge in [0, 0.05) is 25.0 Å². The Balaban J connectivity index is 0.000000336. The molecule has 0 atom stereocenters. The van der Waals surface area contributed by atoms with E-state index >= 15 is 0 Å². The Morgan fingerprint density at radius 1 is 1.12 bits per heavy atom. The highest BCUT2D eigenvalue weighted by atomic mass is 32.2. The summed E-state index contributed by atoms with van der Waals surface area (Å²) in [6, 6.07) is 26.9. The maximum Gasteiger partial charge on any atom is 0.268 e. The molecule has 0 spiro atoms. The summed E-state index contributed by atoms with van der Waals surface area (Å²) in [5.74, 6) is 0.623. The van der Waals surface area contributed by atoms with Crippen LogP contribution in [-0.2, 0) is 11.3 Å². The van der Waals surface area contributed by atoms with Gasteiger partial charge in [-0.25, -0.2) is 0 Å². The molecular weight excluding hydrogens is 539 g/mol. The number of hydrogen-bond donors (Lipinski definition) is 3. The van der Waals surface area contributed by atoms with E-state index in [-0.39, 0.29) is 11.1 Å². The second-order valence-corrected chi connectivity index (χ2v) is 9.98. The first-order valence-electron chi connectivity index (χ1n) is 12.6. The molecule has 1 heterocycles. The fraction of sp³-hybridized carbons (Fsp3) is 0.194. The van der Waals surface area contributed by atoms with E-state index < -0.39 is 0 Å². The van der Waals surface area contributed by atoms with E-state index in [0.717, 1.165) is 40.5 Å². The number of rotatable bonds is 8. The minimum Gasteiger partial charge on any atom is -0.497 e. The highest BCUT2D eigenvalue weighted by Crippen LogP contribution is 2.36. The van der Waals surface area contributed by atoms with E-state index in [9.17, 15) is 4.79 Å². The lowest BCUT2D eigenvalue weighted by molar-refractivity contribution is -0.122. The third-order valence-corrected chi connectivity index (χ3v) is 7.50. The summed E-state index contributed by atoms with van der Waals surface area (Å²) in [6.45, 7) is 5.23. The Morgan fingerprint density at radius 2 is 1.77 bits per heavy atom. The molecule has 4 rings (SSSR count). The van der Waals surface area contributed by atoms with Crippen molar-refractivity contribution in [3.63, 3.8) is 0 Å². The third kappa shape index (κ3) is 7.72. The third-order valence-electron chi connectivity index (χ3n) is 6.16. The van der Waals surface area contributed by atoms with E-state index in [0.29, 0.717) is 17.0 Å². The zero-order valence-electron chi connectivity index (χ0n) is 23.0. The van der Waals surface area contributed by atoms with Gasteiger partial charge in [0.15, 0.2) is 5.17 Å². The van der Waals surface area contributed by atoms with Gasteiger partial charge in [-0.1, -0.05) is 30.3 Å². The molecule has 3 aromatic rings. The molecule has 1 fully saturated rings. The van der Waals surface area contributed by atoms with Gasteiger partial charge < -0.3 is 15.0 Å². The lowest BCUT2D eigenvalue weighted by Crippen LogP contribution is -2.28. The molecule has 0 aliphatic carbocycles. The first kappa shape index (κ1) is 30.4. The number of thioether (sulfide) groups is 1. The van der Waals surface area contributed by atoms with Crippen molar-refractivity contribution in [2.24, 2.45) is 0 Å². The van der Waals surface area contributed by atoms with Gasteiger partial charge in [-0.15, -0.1) is 12.6 Å². The summed E-state index contributed by atoms with van der Waals surface area (Å²) in [7, 11) is 3.52. The van der Waals surface area contributed by atoms with Crippen molar-refractivity contribution in [3.05, 3.63) is 112 Å².